The van der Waals surface area contributed by atoms with Crippen molar-refractivity contribution in [3.05, 3.63) is 65.6 Å². The van der Waals surface area contributed by atoms with Crippen molar-refractivity contribution in [2.24, 2.45) is 11.7 Å². The Labute approximate surface area is 337 Å². The number of anilines is 4. The van der Waals surface area contributed by atoms with E-state index in [2.05, 4.69) is 59.7 Å². The molecular weight excluding hydrogens is 739 g/mol. The number of nitrogens with two attached hydrogens (primary N) is 1. The number of nitrogens with zero attached hydrogens (tertiary/aromatic N) is 8. The molecule has 2 unspecified atom stereocenters. The molecule has 2 aromatic heterocycles. The topological polar surface area (TPSA) is 186 Å². The lowest BCUT2D eigenvalue weighted by Gasteiger charge is -2.37. The minimum atomic E-state index is -0.647. The summed E-state index contributed by atoms with van der Waals surface area (Å²) in [6.45, 7) is 8.03. The third-order valence-corrected chi connectivity index (χ3v) is 12.9. The van der Waals surface area contributed by atoms with Gasteiger partial charge >= 0.3 is 6.03 Å². The van der Waals surface area contributed by atoms with E-state index in [0.29, 0.717) is 54.1 Å². The van der Waals surface area contributed by atoms with Crippen LogP contribution in [0, 0.1) is 5.92 Å². The van der Waals surface area contributed by atoms with Crippen LogP contribution in [-0.2, 0) is 9.59 Å². The van der Waals surface area contributed by atoms with Gasteiger partial charge in [-0.15, -0.1) is 0 Å². The van der Waals surface area contributed by atoms with Crippen molar-refractivity contribution in [2.75, 3.05) is 81.1 Å². The molecule has 4 N–H and O–H groups in total. The number of amides is 5. The van der Waals surface area contributed by atoms with Gasteiger partial charge in [-0.1, -0.05) is 17.3 Å². The number of benzene rings is 2. The first kappa shape index (κ1) is 37.8. The van der Waals surface area contributed by atoms with E-state index in [1.807, 2.05) is 30.1 Å². The van der Waals surface area contributed by atoms with Crippen LogP contribution in [0.1, 0.15) is 78.5 Å². The number of nitrogens with one attached hydrogen (secondary N) is 2. The van der Waals surface area contributed by atoms with Crippen LogP contribution in [0.3, 0.4) is 0 Å². The summed E-state index contributed by atoms with van der Waals surface area (Å²) in [4.78, 5) is 69.4. The number of carbonyl (C=O) groups excluding carboxylic acids is 4. The molecule has 5 saturated heterocycles. The molecule has 7 heterocycles. The average Bonchev–Trinajstić information content (AvgIpc) is 3.97. The van der Waals surface area contributed by atoms with Crippen molar-refractivity contribution in [2.45, 2.75) is 62.8 Å². The van der Waals surface area contributed by atoms with E-state index in [9.17, 15) is 19.2 Å². The van der Waals surface area contributed by atoms with Crippen LogP contribution in [0.4, 0.5) is 27.8 Å². The van der Waals surface area contributed by atoms with Crippen LogP contribution in [0.5, 0.6) is 0 Å². The lowest BCUT2D eigenvalue weighted by atomic mass is 9.89. The van der Waals surface area contributed by atoms with Gasteiger partial charge in [0.15, 0.2) is 17.1 Å². The largest absolute Gasteiger partial charge is 0.371 e. The average molecular weight is 790 g/mol. The second-order valence-corrected chi connectivity index (χ2v) is 16.6. The quantitative estimate of drug-likeness (QED) is 0.196. The van der Waals surface area contributed by atoms with Gasteiger partial charge in [0, 0.05) is 76.0 Å². The Morgan fingerprint density at radius 1 is 0.931 bits per heavy atom. The Morgan fingerprint density at radius 2 is 1.76 bits per heavy atom. The number of carbonyl (C=O) groups is 4. The summed E-state index contributed by atoms with van der Waals surface area (Å²) in [6, 6.07) is 14.7. The van der Waals surface area contributed by atoms with Crippen molar-refractivity contribution in [1.82, 2.24) is 35.1 Å². The fourth-order valence-corrected chi connectivity index (χ4v) is 9.58. The van der Waals surface area contributed by atoms with Gasteiger partial charge in [-0.25, -0.2) is 14.8 Å². The Kier molecular flexibility index (Phi) is 10.3. The van der Waals surface area contributed by atoms with Crippen LogP contribution in [0.2, 0.25) is 0 Å². The molecule has 304 valence electrons. The lowest BCUT2D eigenvalue weighted by molar-refractivity contribution is -0.134. The van der Waals surface area contributed by atoms with Gasteiger partial charge in [-0.3, -0.25) is 19.7 Å². The number of rotatable bonds is 10. The second-order valence-electron chi connectivity index (χ2n) is 16.6. The predicted octanol–water partition coefficient (Wildman–Crippen LogP) is 4.02. The number of hydrogen-bond acceptors (Lipinski definition) is 12. The Bertz CT molecular complexity index is 2200. The van der Waals surface area contributed by atoms with Crippen LogP contribution >= 0.6 is 0 Å². The van der Waals surface area contributed by atoms with E-state index in [0.717, 1.165) is 101 Å². The standard InChI is InChI=1S/C42H51N11O5/c1-49-19-20-53(42(49)57)31-3-2-15-52(25-31)35-22-44-38(39(43)55)40(46-35)45-29-6-4-27(5-7-29)28-13-16-50(17-14-28)23-26-12-18-51(24-26)30-8-10-34-33(21-30)37(48-58-34)32-9-11-36(54)47-41(32)56/h4-8,10,21-22,26,28,31-32H,2-3,9,11-20,23-25H2,1H3,(H2,43,55)(H,45,46)(H,47,54,56)/t26?,31-,32?/m1/s1. The van der Waals surface area contributed by atoms with Crippen molar-refractivity contribution in [1.29, 1.82) is 0 Å². The molecule has 3 atom stereocenters. The van der Waals surface area contributed by atoms with Crippen LogP contribution in [-0.4, -0.2) is 126 Å². The number of hydrogen-bond donors (Lipinski definition) is 3. The smallest absolute Gasteiger partial charge is 0.320 e. The zero-order valence-electron chi connectivity index (χ0n) is 32.9. The highest BCUT2D eigenvalue weighted by atomic mass is 16.5. The number of likely N-dealkylation sites (tertiary alicyclic amines) is 1. The van der Waals surface area contributed by atoms with Gasteiger partial charge in [0.25, 0.3) is 5.91 Å². The summed E-state index contributed by atoms with van der Waals surface area (Å²) in [6.07, 6.45) is 7.52. The molecule has 16 nitrogen and oxygen atoms in total. The molecule has 5 amide bonds. The minimum Gasteiger partial charge on any atom is -0.371 e. The maximum atomic E-state index is 12.7. The number of primary amides is 1. The highest BCUT2D eigenvalue weighted by Gasteiger charge is 2.36. The highest BCUT2D eigenvalue weighted by Crippen LogP contribution is 2.36. The zero-order valence-corrected chi connectivity index (χ0v) is 32.9. The van der Waals surface area contributed by atoms with E-state index in [1.165, 1.54) is 5.56 Å². The molecule has 5 aliphatic heterocycles. The monoisotopic (exact) mass is 789 g/mol. The Hall–Kier alpha value is -5.77. The van der Waals surface area contributed by atoms with E-state index in [4.69, 9.17) is 15.2 Å². The number of imide groups is 1. The Balaban J connectivity index is 0.781. The fourth-order valence-electron chi connectivity index (χ4n) is 9.58. The summed E-state index contributed by atoms with van der Waals surface area (Å²) in [5.74, 6) is 0.336. The minimum absolute atomic E-state index is 0.0697. The first-order valence-electron chi connectivity index (χ1n) is 20.7. The maximum absolute atomic E-state index is 12.7. The van der Waals surface area contributed by atoms with E-state index in [-0.39, 0.29) is 29.6 Å². The van der Waals surface area contributed by atoms with Crippen LogP contribution < -0.4 is 26.2 Å². The number of urea groups is 1. The van der Waals surface area contributed by atoms with Crippen molar-refractivity contribution in [3.8, 4) is 0 Å². The lowest BCUT2D eigenvalue weighted by Crippen LogP contribution is -2.49. The SMILES string of the molecule is CN1CCN([C@@H]2CCCN(c3cnc(C(N)=O)c(Nc4ccc(C5CCN(CC6CCN(c7ccc8onc(C9CCC(=O)NC9=O)c8c7)C6)CC5)cc4)n3)C2)C1=O. The highest BCUT2D eigenvalue weighted by molar-refractivity contribution is 6.02. The summed E-state index contributed by atoms with van der Waals surface area (Å²) in [5.41, 5.74) is 10.3. The summed E-state index contributed by atoms with van der Waals surface area (Å²) in [7, 11) is 1.84. The molecule has 0 radical (unpaired) electrons. The van der Waals surface area contributed by atoms with E-state index < -0.39 is 11.8 Å². The summed E-state index contributed by atoms with van der Waals surface area (Å²) in [5, 5.41) is 10.8. The molecule has 9 rings (SSSR count). The van der Waals surface area contributed by atoms with Crippen molar-refractivity contribution < 1.29 is 23.7 Å². The van der Waals surface area contributed by atoms with Gasteiger partial charge in [0.1, 0.15) is 11.5 Å². The molecule has 58 heavy (non-hydrogen) atoms. The first-order chi connectivity index (χ1) is 28.2. The van der Waals surface area contributed by atoms with Crippen molar-refractivity contribution in [3.63, 3.8) is 0 Å². The molecule has 0 spiro atoms. The predicted molar refractivity (Wildman–Crippen MR) is 218 cm³/mol. The number of aromatic nitrogens is 3. The van der Waals surface area contributed by atoms with Crippen LogP contribution in [0.15, 0.2) is 53.2 Å². The van der Waals surface area contributed by atoms with Gasteiger partial charge in [-0.05, 0) is 99.3 Å². The molecular formula is C42H51N11O5. The molecule has 2 aromatic carbocycles. The molecule has 0 aliphatic carbocycles. The second kappa shape index (κ2) is 15.9. The Morgan fingerprint density at radius 3 is 2.52 bits per heavy atom. The van der Waals surface area contributed by atoms with Crippen LogP contribution in [0.25, 0.3) is 11.0 Å². The number of fused-ring (bicyclic) bond motifs is 1. The maximum Gasteiger partial charge on any atom is 0.320 e. The molecule has 16 heteroatoms. The third kappa shape index (κ3) is 7.64. The molecule has 0 bridgehead atoms. The molecule has 5 aliphatic rings. The van der Waals surface area contributed by atoms with Gasteiger partial charge < -0.3 is 40.1 Å². The fraction of sp³-hybridized carbons (Fsp3) is 0.500. The van der Waals surface area contributed by atoms with E-state index in [1.54, 1.807) is 11.1 Å². The summed E-state index contributed by atoms with van der Waals surface area (Å²) >= 11 is 0. The number of likely N-dealkylation sites (N-methyl/N-ethyl adjacent to an activating group) is 1. The van der Waals surface area contributed by atoms with Gasteiger partial charge in [0.05, 0.1) is 18.2 Å². The number of piperidine rings is 3. The van der Waals surface area contributed by atoms with Crippen molar-refractivity contribution >= 4 is 57.7 Å². The summed E-state index contributed by atoms with van der Waals surface area (Å²) < 4.78 is 5.57. The normalized spacial score (nSPS) is 23.6. The molecule has 4 aromatic rings. The third-order valence-electron chi connectivity index (χ3n) is 12.9. The zero-order chi connectivity index (χ0) is 39.9. The first-order valence-corrected chi connectivity index (χ1v) is 20.7. The molecule has 0 saturated carbocycles. The van der Waals surface area contributed by atoms with Gasteiger partial charge in [0.2, 0.25) is 11.8 Å². The van der Waals surface area contributed by atoms with E-state index >= 15 is 0 Å². The van der Waals surface area contributed by atoms with Gasteiger partial charge in [-0.2, -0.15) is 0 Å². The molecule has 5 fully saturated rings.